The zero-order valence-corrected chi connectivity index (χ0v) is 17.1. The van der Waals surface area contributed by atoms with Crippen LogP contribution in [0.25, 0.3) is 0 Å². The van der Waals surface area contributed by atoms with Crippen molar-refractivity contribution < 1.29 is 17.9 Å². The summed E-state index contributed by atoms with van der Waals surface area (Å²) >= 11 is 1.64. The van der Waals surface area contributed by atoms with E-state index in [-0.39, 0.29) is 22.6 Å². The summed E-state index contributed by atoms with van der Waals surface area (Å²) < 4.78 is 33.4. The van der Waals surface area contributed by atoms with Crippen molar-refractivity contribution in [2.75, 3.05) is 18.6 Å². The van der Waals surface area contributed by atoms with Crippen LogP contribution in [0.15, 0.2) is 52.3 Å². The summed E-state index contributed by atoms with van der Waals surface area (Å²) in [5.74, 6) is 0.527. The molecule has 1 amide bonds. The molecule has 0 aliphatic carbocycles. The summed E-state index contributed by atoms with van der Waals surface area (Å²) in [4.78, 5) is 14.7. The van der Waals surface area contributed by atoms with Crippen LogP contribution in [0.1, 0.15) is 19.4 Å². The summed E-state index contributed by atoms with van der Waals surface area (Å²) in [6.07, 6.45) is 0. The van der Waals surface area contributed by atoms with Crippen molar-refractivity contribution in [2.24, 2.45) is 0 Å². The Morgan fingerprint density at radius 2 is 2.04 bits per heavy atom. The van der Waals surface area contributed by atoms with Crippen LogP contribution in [-0.2, 0) is 21.4 Å². The van der Waals surface area contributed by atoms with Gasteiger partial charge in [0.1, 0.15) is 5.75 Å². The summed E-state index contributed by atoms with van der Waals surface area (Å²) in [6, 6.07) is 12.2. The SMILES string of the molecule is COc1ccccc1CNS(=O)(=O)c1ccc2c(c1)N(C(C)=O)C[C@H](C)S2. The molecule has 0 saturated heterocycles. The Morgan fingerprint density at radius 1 is 1.30 bits per heavy atom. The van der Waals surface area contributed by atoms with Crippen LogP contribution in [0.3, 0.4) is 0 Å². The third-order valence-electron chi connectivity index (χ3n) is 4.32. The molecular weight excluding hydrogens is 384 g/mol. The molecule has 1 N–H and O–H groups in total. The van der Waals surface area contributed by atoms with Gasteiger partial charge in [-0.3, -0.25) is 4.79 Å². The molecule has 1 aliphatic heterocycles. The number of carbonyl (C=O) groups is 1. The molecule has 0 fully saturated rings. The summed E-state index contributed by atoms with van der Waals surface area (Å²) in [5, 5.41) is 0.257. The van der Waals surface area contributed by atoms with Crippen molar-refractivity contribution in [2.45, 2.75) is 35.4 Å². The Balaban J connectivity index is 1.87. The molecule has 0 spiro atoms. The molecule has 2 aromatic rings. The number of methoxy groups -OCH3 is 1. The first-order valence-electron chi connectivity index (χ1n) is 8.52. The highest BCUT2D eigenvalue weighted by Crippen LogP contribution is 2.39. The van der Waals surface area contributed by atoms with Gasteiger partial charge in [-0.2, -0.15) is 0 Å². The molecule has 0 radical (unpaired) electrons. The highest BCUT2D eigenvalue weighted by Gasteiger charge is 2.27. The zero-order chi connectivity index (χ0) is 19.6. The molecule has 0 saturated carbocycles. The largest absolute Gasteiger partial charge is 0.496 e. The van der Waals surface area contributed by atoms with E-state index < -0.39 is 10.0 Å². The van der Waals surface area contributed by atoms with Crippen LogP contribution in [0.2, 0.25) is 0 Å². The third kappa shape index (κ3) is 4.28. The van der Waals surface area contributed by atoms with Crippen molar-refractivity contribution in [3.8, 4) is 5.75 Å². The number of hydrogen-bond acceptors (Lipinski definition) is 5. The van der Waals surface area contributed by atoms with E-state index in [4.69, 9.17) is 4.74 Å². The van der Waals surface area contributed by atoms with Gasteiger partial charge < -0.3 is 9.64 Å². The Hall–Kier alpha value is -2.03. The molecular formula is C19H22N2O4S2. The van der Waals surface area contributed by atoms with Crippen molar-refractivity contribution in [3.05, 3.63) is 48.0 Å². The second-order valence-electron chi connectivity index (χ2n) is 6.32. The predicted molar refractivity (Wildman–Crippen MR) is 107 cm³/mol. The highest BCUT2D eigenvalue weighted by molar-refractivity contribution is 8.00. The lowest BCUT2D eigenvalue weighted by atomic mass is 10.2. The Kier molecular flexibility index (Phi) is 5.78. The number of rotatable bonds is 5. The average molecular weight is 407 g/mol. The lowest BCUT2D eigenvalue weighted by molar-refractivity contribution is -0.116. The molecule has 1 aliphatic rings. The van der Waals surface area contributed by atoms with Crippen LogP contribution < -0.4 is 14.4 Å². The van der Waals surface area contributed by atoms with Crippen molar-refractivity contribution in [1.82, 2.24) is 4.72 Å². The maximum absolute atomic E-state index is 12.8. The highest BCUT2D eigenvalue weighted by atomic mass is 32.2. The van der Waals surface area contributed by atoms with E-state index in [2.05, 4.69) is 4.72 Å². The number of nitrogens with zero attached hydrogens (tertiary/aromatic N) is 1. The minimum absolute atomic E-state index is 0.0973. The van der Waals surface area contributed by atoms with Gasteiger partial charge in [0.2, 0.25) is 15.9 Å². The quantitative estimate of drug-likeness (QED) is 0.826. The number of sulfonamides is 1. The summed E-state index contributed by atoms with van der Waals surface area (Å²) in [7, 11) is -2.18. The molecule has 6 nitrogen and oxygen atoms in total. The van der Waals surface area contributed by atoms with Gasteiger partial charge in [0, 0.05) is 35.7 Å². The number of amides is 1. The first-order chi connectivity index (χ1) is 12.8. The maximum atomic E-state index is 12.8. The topological polar surface area (TPSA) is 75.7 Å². The standard InChI is InChI=1S/C19H22N2O4S2/c1-13-12-21(14(2)22)17-10-16(8-9-19(17)26-13)27(23,24)20-11-15-6-4-5-7-18(15)25-3/h4-10,13,20H,11-12H2,1-3H3/t13-/m0/s1. The normalized spacial score (nSPS) is 16.7. The second-order valence-corrected chi connectivity index (χ2v) is 9.57. The molecule has 0 aromatic heterocycles. The molecule has 2 aromatic carbocycles. The number of nitrogens with one attached hydrogen (secondary N) is 1. The van der Waals surface area contributed by atoms with E-state index in [0.717, 1.165) is 10.5 Å². The van der Waals surface area contributed by atoms with Crippen molar-refractivity contribution >= 4 is 33.4 Å². The fourth-order valence-corrected chi connectivity index (χ4v) is 5.11. The van der Waals surface area contributed by atoms with Gasteiger partial charge in [0.15, 0.2) is 0 Å². The van der Waals surface area contributed by atoms with Crippen LogP contribution >= 0.6 is 11.8 Å². The molecule has 1 atom stereocenters. The zero-order valence-electron chi connectivity index (χ0n) is 15.4. The van der Waals surface area contributed by atoms with E-state index >= 15 is 0 Å². The molecule has 8 heteroatoms. The van der Waals surface area contributed by atoms with Gasteiger partial charge in [-0.05, 0) is 24.3 Å². The first kappa shape index (κ1) is 19.7. The van der Waals surface area contributed by atoms with E-state index in [1.807, 2.05) is 25.1 Å². The Morgan fingerprint density at radius 3 is 2.74 bits per heavy atom. The molecule has 0 unspecified atom stereocenters. The number of carbonyl (C=O) groups excluding carboxylic acids is 1. The Bertz CT molecular complexity index is 960. The monoisotopic (exact) mass is 406 g/mol. The minimum atomic E-state index is -3.73. The van der Waals surface area contributed by atoms with Gasteiger partial charge in [-0.25, -0.2) is 13.1 Å². The average Bonchev–Trinajstić information content (AvgIpc) is 2.65. The lowest BCUT2D eigenvalue weighted by Crippen LogP contribution is -2.37. The predicted octanol–water partition coefficient (Wildman–Crippen LogP) is 3.02. The van der Waals surface area contributed by atoms with Crippen LogP contribution in [0.4, 0.5) is 5.69 Å². The van der Waals surface area contributed by atoms with Gasteiger partial charge in [-0.15, -0.1) is 11.8 Å². The molecule has 3 rings (SSSR count). The van der Waals surface area contributed by atoms with Crippen LogP contribution in [0, 0.1) is 0 Å². The summed E-state index contributed by atoms with van der Waals surface area (Å²) in [6.45, 7) is 4.22. The number of anilines is 1. The molecule has 1 heterocycles. The van der Waals surface area contributed by atoms with Crippen LogP contribution in [0.5, 0.6) is 5.75 Å². The maximum Gasteiger partial charge on any atom is 0.240 e. The van der Waals surface area contributed by atoms with E-state index in [0.29, 0.717) is 18.0 Å². The lowest BCUT2D eigenvalue weighted by Gasteiger charge is -2.32. The second kappa shape index (κ2) is 7.92. The van der Waals surface area contributed by atoms with E-state index in [9.17, 15) is 13.2 Å². The number of fused-ring (bicyclic) bond motifs is 1. The fourth-order valence-electron chi connectivity index (χ4n) is 2.99. The van der Waals surface area contributed by atoms with E-state index in [1.165, 1.54) is 6.92 Å². The number of benzene rings is 2. The third-order valence-corrected chi connectivity index (χ3v) is 6.87. The smallest absolute Gasteiger partial charge is 0.240 e. The fraction of sp³-hybridized carbons (Fsp3) is 0.316. The first-order valence-corrected chi connectivity index (χ1v) is 10.9. The van der Waals surface area contributed by atoms with Crippen LogP contribution in [-0.4, -0.2) is 33.2 Å². The number of para-hydroxylation sites is 1. The minimum Gasteiger partial charge on any atom is -0.496 e. The van der Waals surface area contributed by atoms with Gasteiger partial charge in [0.05, 0.1) is 17.7 Å². The van der Waals surface area contributed by atoms with Gasteiger partial charge in [-0.1, -0.05) is 25.1 Å². The number of hydrogen-bond donors (Lipinski definition) is 1. The molecule has 0 bridgehead atoms. The van der Waals surface area contributed by atoms with Gasteiger partial charge in [0.25, 0.3) is 0 Å². The van der Waals surface area contributed by atoms with E-state index in [1.54, 1.807) is 48.0 Å². The summed E-state index contributed by atoms with van der Waals surface area (Å²) in [5.41, 5.74) is 1.39. The van der Waals surface area contributed by atoms with Gasteiger partial charge >= 0.3 is 0 Å². The Labute approximate surface area is 164 Å². The van der Waals surface area contributed by atoms with Crippen molar-refractivity contribution in [1.29, 1.82) is 0 Å². The van der Waals surface area contributed by atoms with Crippen molar-refractivity contribution in [3.63, 3.8) is 0 Å². The molecule has 27 heavy (non-hydrogen) atoms. The molecule has 144 valence electrons. The number of thioether (sulfide) groups is 1. The number of ether oxygens (including phenoxy) is 1.